The number of fused-ring (bicyclic) bond motifs is 9. The molecule has 0 bridgehead atoms. The number of rotatable bonds is 6. The zero-order valence-corrected chi connectivity index (χ0v) is 33.0. The average Bonchev–Trinajstić information content (AvgIpc) is 3.72. The predicted octanol–water partition coefficient (Wildman–Crippen LogP) is 16.3. The Kier molecular flexibility index (Phi) is 8.02. The number of hydrogen-bond donors (Lipinski definition) is 0. The van der Waals surface area contributed by atoms with Crippen LogP contribution in [-0.2, 0) is 6.42 Å². The summed E-state index contributed by atoms with van der Waals surface area (Å²) in [6.07, 6.45) is 4.47. The van der Waals surface area contributed by atoms with Crippen molar-refractivity contribution in [2.45, 2.75) is 12.8 Å². The molecular formula is C58H39NO. The fraction of sp³-hybridized carbons (Fsp3) is 0.0345. The Morgan fingerprint density at radius 1 is 0.383 bits per heavy atom. The van der Waals surface area contributed by atoms with E-state index in [1.165, 1.54) is 60.3 Å². The van der Waals surface area contributed by atoms with Gasteiger partial charge in [0.25, 0.3) is 0 Å². The Balaban J connectivity index is 0.957. The molecule has 0 saturated carbocycles. The summed E-state index contributed by atoms with van der Waals surface area (Å²) in [4.78, 5) is 2.39. The van der Waals surface area contributed by atoms with Crippen LogP contribution in [0.3, 0.4) is 0 Å². The molecule has 0 saturated heterocycles. The topological polar surface area (TPSA) is 16.4 Å². The number of anilines is 3. The minimum Gasteiger partial charge on any atom is -0.455 e. The molecule has 2 heteroatoms. The van der Waals surface area contributed by atoms with Crippen molar-refractivity contribution in [3.05, 3.63) is 223 Å². The fourth-order valence-electron chi connectivity index (χ4n) is 9.66. The molecule has 1 aliphatic rings. The number of aryl methyl sites for hydroxylation is 1. The van der Waals surface area contributed by atoms with Gasteiger partial charge in [0, 0.05) is 33.2 Å². The first-order valence-corrected chi connectivity index (χ1v) is 20.9. The molecule has 1 heterocycles. The first-order valence-electron chi connectivity index (χ1n) is 20.9. The third-order valence-electron chi connectivity index (χ3n) is 12.6. The summed E-state index contributed by atoms with van der Waals surface area (Å²) < 4.78 is 6.56. The van der Waals surface area contributed by atoms with Crippen molar-refractivity contribution < 1.29 is 4.42 Å². The number of furan rings is 1. The number of hydrogen-bond acceptors (Lipinski definition) is 2. The molecule has 0 amide bonds. The van der Waals surface area contributed by atoms with Crippen LogP contribution in [0.1, 0.15) is 23.1 Å². The molecule has 0 fully saturated rings. The van der Waals surface area contributed by atoms with E-state index in [4.69, 9.17) is 4.42 Å². The summed E-state index contributed by atoms with van der Waals surface area (Å²) in [6.45, 7) is 0. The number of benzene rings is 10. The minimum absolute atomic E-state index is 0.903. The van der Waals surface area contributed by atoms with Gasteiger partial charge in [-0.25, -0.2) is 0 Å². The lowest BCUT2D eigenvalue weighted by molar-refractivity contribution is 0.673. The van der Waals surface area contributed by atoms with E-state index in [9.17, 15) is 0 Å². The number of allylic oxidation sites excluding steroid dienone is 1. The fourth-order valence-corrected chi connectivity index (χ4v) is 9.66. The Morgan fingerprint density at radius 2 is 1.00 bits per heavy atom. The SMILES string of the molecule is C1=C(c2ccc(N(c3ccc(-c4cccc5oc6c7ccccc7ccc6c45)cc3)c3cccc(-c4cccc5ccccc45)c3)cc2)CCc2c1ccc1ccccc21. The zero-order valence-electron chi connectivity index (χ0n) is 33.0. The first-order chi connectivity index (χ1) is 29.7. The zero-order chi connectivity index (χ0) is 39.6. The van der Waals surface area contributed by atoms with E-state index in [1.807, 2.05) is 0 Å². The standard InChI is InChI=1S/C58H39NO/c1-4-16-49-39(10-1)13-8-19-51(49)44-14-7-15-48(37-44)59(46-30-24-38(25-31-46)43-29-34-52-45(36-43)23-22-40-11-2-5-17-50(40)52)47-32-26-42(27-33-47)53-20-9-21-56-57(53)55-35-28-41-12-3-6-18-54(41)58(55)60-56/h1-28,30-33,35-37H,29,34H2. The summed E-state index contributed by atoms with van der Waals surface area (Å²) >= 11 is 0. The van der Waals surface area contributed by atoms with Gasteiger partial charge in [0.05, 0.1) is 0 Å². The Labute approximate surface area is 348 Å². The van der Waals surface area contributed by atoms with Crippen molar-refractivity contribution in [2.75, 3.05) is 4.90 Å². The Hall–Kier alpha value is -7.68. The van der Waals surface area contributed by atoms with E-state index in [-0.39, 0.29) is 0 Å². The molecule has 0 aliphatic heterocycles. The van der Waals surface area contributed by atoms with Gasteiger partial charge >= 0.3 is 0 Å². The molecule has 1 aromatic heterocycles. The molecule has 10 aromatic carbocycles. The molecule has 11 aromatic rings. The van der Waals surface area contributed by atoms with Crippen molar-refractivity contribution in [1.82, 2.24) is 0 Å². The normalized spacial score (nSPS) is 12.6. The highest BCUT2D eigenvalue weighted by molar-refractivity contribution is 6.19. The highest BCUT2D eigenvalue weighted by Crippen LogP contribution is 2.43. The van der Waals surface area contributed by atoms with E-state index in [0.717, 1.165) is 68.4 Å². The van der Waals surface area contributed by atoms with Crippen LogP contribution in [0.2, 0.25) is 0 Å². The summed E-state index contributed by atoms with van der Waals surface area (Å²) in [6, 6.07) is 75.0. The van der Waals surface area contributed by atoms with Crippen LogP contribution in [0.5, 0.6) is 0 Å². The molecule has 12 rings (SSSR count). The van der Waals surface area contributed by atoms with E-state index < -0.39 is 0 Å². The summed E-state index contributed by atoms with van der Waals surface area (Å²) in [5, 5.41) is 9.79. The van der Waals surface area contributed by atoms with Gasteiger partial charge in [0.15, 0.2) is 0 Å². The lowest BCUT2D eigenvalue weighted by Crippen LogP contribution is -2.10. The number of nitrogens with zero attached hydrogens (tertiary/aromatic N) is 1. The molecule has 0 unspecified atom stereocenters. The third-order valence-corrected chi connectivity index (χ3v) is 12.6. The molecule has 0 spiro atoms. The van der Waals surface area contributed by atoms with Crippen LogP contribution < -0.4 is 4.90 Å². The van der Waals surface area contributed by atoms with Gasteiger partial charge < -0.3 is 9.32 Å². The second kappa shape index (κ2) is 14.0. The predicted molar refractivity (Wildman–Crippen MR) is 254 cm³/mol. The quantitative estimate of drug-likeness (QED) is 0.168. The first kappa shape index (κ1) is 34.4. The summed E-state index contributed by atoms with van der Waals surface area (Å²) in [5.74, 6) is 0. The van der Waals surface area contributed by atoms with Gasteiger partial charge in [0.2, 0.25) is 0 Å². The maximum atomic E-state index is 6.56. The summed E-state index contributed by atoms with van der Waals surface area (Å²) in [7, 11) is 0. The van der Waals surface area contributed by atoms with Crippen LogP contribution in [0.15, 0.2) is 211 Å². The average molecular weight is 766 g/mol. The lowest BCUT2D eigenvalue weighted by Gasteiger charge is -2.27. The molecule has 2 nitrogen and oxygen atoms in total. The molecule has 0 N–H and O–H groups in total. The summed E-state index contributed by atoms with van der Waals surface area (Å²) in [5.41, 5.74) is 15.3. The van der Waals surface area contributed by atoms with Crippen molar-refractivity contribution in [3.8, 4) is 22.3 Å². The molecule has 0 atom stereocenters. The molecule has 1 aliphatic carbocycles. The maximum Gasteiger partial charge on any atom is 0.143 e. The van der Waals surface area contributed by atoms with Gasteiger partial charge in [0.1, 0.15) is 11.2 Å². The van der Waals surface area contributed by atoms with Crippen LogP contribution >= 0.6 is 0 Å². The lowest BCUT2D eigenvalue weighted by atomic mass is 9.86. The van der Waals surface area contributed by atoms with Gasteiger partial charge in [-0.3, -0.25) is 0 Å². The van der Waals surface area contributed by atoms with Crippen LogP contribution in [0.4, 0.5) is 17.1 Å². The van der Waals surface area contributed by atoms with Crippen molar-refractivity contribution >= 4 is 83.0 Å². The van der Waals surface area contributed by atoms with Gasteiger partial charge in [-0.05, 0) is 133 Å². The van der Waals surface area contributed by atoms with Crippen molar-refractivity contribution in [1.29, 1.82) is 0 Å². The van der Waals surface area contributed by atoms with E-state index in [0.29, 0.717) is 0 Å². The molecule has 0 radical (unpaired) electrons. The van der Waals surface area contributed by atoms with Crippen molar-refractivity contribution in [3.63, 3.8) is 0 Å². The second-order valence-electron chi connectivity index (χ2n) is 16.0. The highest BCUT2D eigenvalue weighted by atomic mass is 16.3. The minimum atomic E-state index is 0.903. The molecular weight excluding hydrogens is 727 g/mol. The smallest absolute Gasteiger partial charge is 0.143 e. The largest absolute Gasteiger partial charge is 0.455 e. The second-order valence-corrected chi connectivity index (χ2v) is 16.0. The van der Waals surface area contributed by atoms with Crippen LogP contribution in [0.25, 0.3) is 88.2 Å². The maximum absolute atomic E-state index is 6.56. The van der Waals surface area contributed by atoms with Crippen LogP contribution in [0, 0.1) is 0 Å². The monoisotopic (exact) mass is 765 g/mol. The van der Waals surface area contributed by atoms with E-state index in [1.54, 1.807) is 0 Å². The van der Waals surface area contributed by atoms with E-state index in [2.05, 4.69) is 217 Å². The highest BCUT2D eigenvalue weighted by Gasteiger charge is 2.19. The molecule has 60 heavy (non-hydrogen) atoms. The van der Waals surface area contributed by atoms with E-state index >= 15 is 0 Å². The van der Waals surface area contributed by atoms with Gasteiger partial charge in [-0.1, -0.05) is 164 Å². The molecule has 282 valence electrons. The Morgan fingerprint density at radius 3 is 1.80 bits per heavy atom. The van der Waals surface area contributed by atoms with Gasteiger partial charge in [-0.15, -0.1) is 0 Å². The third kappa shape index (κ3) is 5.72. The Bertz CT molecular complexity index is 3470. The van der Waals surface area contributed by atoms with Crippen LogP contribution in [-0.4, -0.2) is 0 Å². The van der Waals surface area contributed by atoms with Gasteiger partial charge in [-0.2, -0.15) is 0 Å². The van der Waals surface area contributed by atoms with Crippen molar-refractivity contribution in [2.24, 2.45) is 0 Å².